The summed E-state index contributed by atoms with van der Waals surface area (Å²) in [5.41, 5.74) is 2.74. The van der Waals surface area contributed by atoms with E-state index >= 15 is 0 Å². The molecule has 2 aromatic heterocycles. The molecule has 0 radical (unpaired) electrons. The van der Waals surface area contributed by atoms with Crippen molar-refractivity contribution < 1.29 is 9.53 Å². The van der Waals surface area contributed by atoms with Gasteiger partial charge in [0.15, 0.2) is 11.0 Å². The molecular formula is C20H20ClN5O2. The summed E-state index contributed by atoms with van der Waals surface area (Å²) in [4.78, 5) is 12.5. The highest BCUT2D eigenvalue weighted by atomic mass is 35.5. The summed E-state index contributed by atoms with van der Waals surface area (Å²) in [6, 6.07) is 11.2. The molecule has 8 heteroatoms. The minimum Gasteiger partial charge on any atom is -0.491 e. The normalized spacial score (nSPS) is 16.0. The lowest BCUT2D eigenvalue weighted by Crippen LogP contribution is -2.25. The third-order valence-electron chi connectivity index (χ3n) is 4.59. The lowest BCUT2D eigenvalue weighted by molar-refractivity contribution is -0.116. The van der Waals surface area contributed by atoms with Gasteiger partial charge in [-0.3, -0.25) is 4.79 Å². The van der Waals surface area contributed by atoms with Crippen molar-refractivity contribution in [3.8, 4) is 11.6 Å². The zero-order valence-electron chi connectivity index (χ0n) is 15.8. The first-order chi connectivity index (χ1) is 13.4. The summed E-state index contributed by atoms with van der Waals surface area (Å²) in [7, 11) is 0. The summed E-state index contributed by atoms with van der Waals surface area (Å²) >= 11 is 5.85. The molecule has 1 atom stereocenters. The Morgan fingerprint density at radius 3 is 2.71 bits per heavy atom. The minimum atomic E-state index is -0.160. The summed E-state index contributed by atoms with van der Waals surface area (Å²) < 4.78 is 7.60. The lowest BCUT2D eigenvalue weighted by atomic mass is 9.85. The fraction of sp³-hybridized carbons (Fsp3) is 0.300. The Hall–Kier alpha value is -2.93. The standard InChI is InChI=1S/C20H20ClN5O2/c1-11(2)28-15-7-5-4-6-13(15)14-10-18(27)22-20-19(14)12(3)25-26(20)17-9-8-16(21)23-24-17/h4-9,11,14H,10H2,1-3H3,(H,22,27)/t14-/m1/s1. The molecule has 0 fully saturated rings. The monoisotopic (exact) mass is 397 g/mol. The second-order valence-electron chi connectivity index (χ2n) is 6.98. The van der Waals surface area contributed by atoms with Crippen molar-refractivity contribution in [2.24, 2.45) is 0 Å². The van der Waals surface area contributed by atoms with E-state index < -0.39 is 0 Å². The average molecular weight is 398 g/mol. The van der Waals surface area contributed by atoms with E-state index in [1.807, 2.05) is 45.0 Å². The highest BCUT2D eigenvalue weighted by molar-refractivity contribution is 6.29. The maximum absolute atomic E-state index is 12.5. The number of aryl methyl sites for hydroxylation is 1. The van der Waals surface area contributed by atoms with E-state index in [1.165, 1.54) is 0 Å². The molecular weight excluding hydrogens is 378 g/mol. The molecule has 1 aliphatic rings. The number of nitrogens with zero attached hydrogens (tertiary/aromatic N) is 4. The van der Waals surface area contributed by atoms with Gasteiger partial charge in [0.05, 0.1) is 11.8 Å². The number of fused-ring (bicyclic) bond motifs is 1. The predicted octanol–water partition coefficient (Wildman–Crippen LogP) is 3.89. The van der Waals surface area contributed by atoms with Gasteiger partial charge in [-0.15, -0.1) is 10.2 Å². The first-order valence-corrected chi connectivity index (χ1v) is 9.46. The largest absolute Gasteiger partial charge is 0.491 e. The van der Waals surface area contributed by atoms with Crippen molar-refractivity contribution in [3.05, 3.63) is 58.4 Å². The van der Waals surface area contributed by atoms with Gasteiger partial charge in [-0.25, -0.2) is 0 Å². The summed E-state index contributed by atoms with van der Waals surface area (Å²) in [5.74, 6) is 1.63. The molecule has 0 saturated heterocycles. The number of benzene rings is 1. The number of anilines is 1. The van der Waals surface area contributed by atoms with Crippen molar-refractivity contribution in [1.82, 2.24) is 20.0 Å². The number of halogens is 1. The SMILES string of the molecule is Cc1nn(-c2ccc(Cl)nn2)c2c1[C@@H](c1ccccc1OC(C)C)CC(=O)N2. The first-order valence-electron chi connectivity index (χ1n) is 9.08. The molecule has 1 aliphatic heterocycles. The van der Waals surface area contributed by atoms with Crippen LogP contribution in [0.4, 0.5) is 5.82 Å². The molecule has 7 nitrogen and oxygen atoms in total. The molecule has 4 rings (SSSR count). The van der Waals surface area contributed by atoms with Gasteiger partial charge in [-0.2, -0.15) is 9.78 Å². The average Bonchev–Trinajstić information content (AvgIpc) is 2.98. The van der Waals surface area contributed by atoms with E-state index in [0.717, 1.165) is 22.6 Å². The Morgan fingerprint density at radius 1 is 1.21 bits per heavy atom. The summed E-state index contributed by atoms with van der Waals surface area (Å²) in [6.07, 6.45) is 0.357. The number of ether oxygens (including phenoxy) is 1. The minimum absolute atomic E-state index is 0.0335. The Labute approximate surface area is 167 Å². The molecule has 1 aromatic carbocycles. The van der Waals surface area contributed by atoms with Crippen LogP contribution in [0.3, 0.4) is 0 Å². The molecule has 28 heavy (non-hydrogen) atoms. The Balaban J connectivity index is 1.85. The number of amides is 1. The van der Waals surface area contributed by atoms with Gasteiger partial charge < -0.3 is 10.1 Å². The molecule has 0 unspecified atom stereocenters. The second kappa shape index (κ2) is 7.24. The van der Waals surface area contributed by atoms with Gasteiger partial charge >= 0.3 is 0 Å². The van der Waals surface area contributed by atoms with E-state index in [4.69, 9.17) is 16.3 Å². The van der Waals surface area contributed by atoms with E-state index in [1.54, 1.807) is 16.8 Å². The quantitative estimate of drug-likeness (QED) is 0.722. The van der Waals surface area contributed by atoms with Crippen LogP contribution < -0.4 is 10.1 Å². The van der Waals surface area contributed by atoms with Crippen molar-refractivity contribution in [2.45, 2.75) is 39.2 Å². The molecule has 0 spiro atoms. The zero-order valence-corrected chi connectivity index (χ0v) is 16.6. The maximum Gasteiger partial charge on any atom is 0.226 e. The molecule has 1 amide bonds. The molecule has 3 aromatic rings. The Bertz CT molecular complexity index is 1030. The van der Waals surface area contributed by atoms with Crippen LogP contribution in [0.5, 0.6) is 5.75 Å². The van der Waals surface area contributed by atoms with Gasteiger partial charge in [-0.05, 0) is 39.0 Å². The predicted molar refractivity (Wildman–Crippen MR) is 106 cm³/mol. The summed E-state index contributed by atoms with van der Waals surface area (Å²) in [6.45, 7) is 5.89. The highest BCUT2D eigenvalue weighted by Crippen LogP contribution is 2.43. The Morgan fingerprint density at radius 2 is 2.00 bits per heavy atom. The zero-order chi connectivity index (χ0) is 19.8. The topological polar surface area (TPSA) is 81.9 Å². The molecule has 0 bridgehead atoms. The van der Waals surface area contributed by atoms with Crippen molar-refractivity contribution in [1.29, 1.82) is 0 Å². The summed E-state index contributed by atoms with van der Waals surface area (Å²) in [5, 5.41) is 15.8. The molecule has 3 heterocycles. The number of hydrogen-bond donors (Lipinski definition) is 1. The van der Waals surface area contributed by atoms with E-state index in [2.05, 4.69) is 20.6 Å². The van der Waals surface area contributed by atoms with Crippen molar-refractivity contribution >= 4 is 23.3 Å². The second-order valence-corrected chi connectivity index (χ2v) is 7.37. The van der Waals surface area contributed by atoms with Crippen molar-refractivity contribution in [2.75, 3.05) is 5.32 Å². The van der Waals surface area contributed by atoms with Crippen LogP contribution in [0, 0.1) is 6.92 Å². The maximum atomic E-state index is 12.5. The van der Waals surface area contributed by atoms with Gasteiger partial charge in [-0.1, -0.05) is 29.8 Å². The lowest BCUT2D eigenvalue weighted by Gasteiger charge is -2.26. The van der Waals surface area contributed by atoms with Crippen LogP contribution in [-0.2, 0) is 4.79 Å². The molecule has 144 valence electrons. The van der Waals surface area contributed by atoms with Gasteiger partial charge in [0.25, 0.3) is 0 Å². The van der Waals surface area contributed by atoms with Gasteiger partial charge in [0.2, 0.25) is 5.91 Å². The van der Waals surface area contributed by atoms with Crippen LogP contribution in [0.1, 0.15) is 43.0 Å². The van der Waals surface area contributed by atoms with Crippen LogP contribution in [0.25, 0.3) is 5.82 Å². The van der Waals surface area contributed by atoms with E-state index in [0.29, 0.717) is 23.2 Å². The van der Waals surface area contributed by atoms with Crippen LogP contribution in [0.15, 0.2) is 36.4 Å². The van der Waals surface area contributed by atoms with Crippen LogP contribution in [0.2, 0.25) is 5.15 Å². The number of nitrogens with one attached hydrogen (secondary N) is 1. The highest BCUT2D eigenvalue weighted by Gasteiger charge is 2.34. The Kier molecular flexibility index (Phi) is 4.77. The van der Waals surface area contributed by atoms with Gasteiger partial charge in [0, 0.05) is 23.5 Å². The number of carbonyl (C=O) groups excluding carboxylic acids is 1. The number of rotatable bonds is 4. The fourth-order valence-corrected chi connectivity index (χ4v) is 3.63. The fourth-order valence-electron chi connectivity index (χ4n) is 3.53. The first kappa shape index (κ1) is 18.4. The molecule has 0 saturated carbocycles. The van der Waals surface area contributed by atoms with Crippen LogP contribution >= 0.6 is 11.6 Å². The number of carbonyl (C=O) groups is 1. The number of para-hydroxylation sites is 1. The molecule has 0 aliphatic carbocycles. The van der Waals surface area contributed by atoms with Crippen molar-refractivity contribution in [3.63, 3.8) is 0 Å². The van der Waals surface area contributed by atoms with Crippen LogP contribution in [-0.4, -0.2) is 32.0 Å². The van der Waals surface area contributed by atoms with E-state index in [9.17, 15) is 4.79 Å². The third kappa shape index (κ3) is 3.33. The smallest absolute Gasteiger partial charge is 0.226 e. The van der Waals surface area contributed by atoms with E-state index in [-0.39, 0.29) is 17.9 Å². The third-order valence-corrected chi connectivity index (χ3v) is 4.80. The molecule has 1 N–H and O–H groups in total. The van der Waals surface area contributed by atoms with Gasteiger partial charge in [0.1, 0.15) is 11.6 Å². The number of aromatic nitrogens is 4. The number of hydrogen-bond acceptors (Lipinski definition) is 5.